The first-order valence-electron chi connectivity index (χ1n) is 7.93. The predicted molar refractivity (Wildman–Crippen MR) is 96.1 cm³/mol. The molecule has 0 aliphatic heterocycles. The lowest BCUT2D eigenvalue weighted by atomic mass is 9.97. The number of aromatic nitrogens is 2. The molecular weight excluding hydrogens is 317 g/mol. The van der Waals surface area contributed by atoms with Gasteiger partial charge in [0.1, 0.15) is 11.6 Å². The van der Waals surface area contributed by atoms with Crippen LogP contribution >= 0.6 is 0 Å². The third-order valence-electron chi connectivity index (χ3n) is 4.23. The van der Waals surface area contributed by atoms with Crippen LogP contribution in [0.3, 0.4) is 0 Å². The zero-order valence-electron chi connectivity index (χ0n) is 13.3. The fourth-order valence-electron chi connectivity index (χ4n) is 3.02. The molecule has 4 rings (SSSR count). The summed E-state index contributed by atoms with van der Waals surface area (Å²) in [5, 5.41) is 14.5. The fourth-order valence-corrected chi connectivity index (χ4v) is 3.02. The SMILES string of the molecule is Oc1ccccc1C(Nc1ccncc1)c1c[nH]c2ccc(F)cc12. The van der Waals surface area contributed by atoms with Gasteiger partial charge in [-0.15, -0.1) is 0 Å². The van der Waals surface area contributed by atoms with Gasteiger partial charge >= 0.3 is 0 Å². The Morgan fingerprint density at radius 1 is 1.00 bits per heavy atom. The highest BCUT2D eigenvalue weighted by molar-refractivity contribution is 5.85. The molecule has 0 aliphatic rings. The van der Waals surface area contributed by atoms with Gasteiger partial charge in [0.15, 0.2) is 0 Å². The molecule has 0 radical (unpaired) electrons. The molecule has 0 saturated heterocycles. The molecule has 0 amide bonds. The first-order chi connectivity index (χ1) is 12.2. The average Bonchev–Trinajstić information content (AvgIpc) is 3.04. The van der Waals surface area contributed by atoms with Gasteiger partial charge in [-0.3, -0.25) is 4.98 Å². The van der Waals surface area contributed by atoms with Gasteiger partial charge in [-0.2, -0.15) is 0 Å². The van der Waals surface area contributed by atoms with Gasteiger partial charge in [0.05, 0.1) is 6.04 Å². The molecule has 2 aromatic heterocycles. The number of nitrogens with zero attached hydrogens (tertiary/aromatic N) is 1. The number of hydrogen-bond donors (Lipinski definition) is 3. The number of phenols is 1. The van der Waals surface area contributed by atoms with E-state index in [0.717, 1.165) is 22.2 Å². The van der Waals surface area contributed by atoms with E-state index in [-0.39, 0.29) is 17.6 Å². The smallest absolute Gasteiger partial charge is 0.123 e. The van der Waals surface area contributed by atoms with Crippen LogP contribution in [0.5, 0.6) is 5.75 Å². The standard InChI is InChI=1S/C20H16FN3O/c21-13-5-6-18-16(11-13)17(12-23-18)20(15-3-1-2-4-19(15)25)24-14-7-9-22-10-8-14/h1-12,20,23,25H,(H,22,24). The zero-order chi connectivity index (χ0) is 17.2. The first-order valence-corrected chi connectivity index (χ1v) is 7.93. The lowest BCUT2D eigenvalue weighted by Gasteiger charge is -2.21. The van der Waals surface area contributed by atoms with Crippen LogP contribution in [0.25, 0.3) is 10.9 Å². The number of anilines is 1. The van der Waals surface area contributed by atoms with Crippen molar-refractivity contribution in [2.24, 2.45) is 0 Å². The van der Waals surface area contributed by atoms with Gasteiger partial charge in [-0.05, 0) is 36.4 Å². The van der Waals surface area contributed by atoms with Crippen molar-refractivity contribution < 1.29 is 9.50 Å². The van der Waals surface area contributed by atoms with Crippen LogP contribution in [0.4, 0.5) is 10.1 Å². The molecule has 4 aromatic rings. The Kier molecular flexibility index (Phi) is 3.82. The molecule has 0 spiro atoms. The van der Waals surface area contributed by atoms with Crippen molar-refractivity contribution in [1.82, 2.24) is 9.97 Å². The molecule has 4 nitrogen and oxygen atoms in total. The summed E-state index contributed by atoms with van der Waals surface area (Å²) in [6, 6.07) is 15.1. The Balaban J connectivity index is 1.87. The number of nitrogens with one attached hydrogen (secondary N) is 2. The van der Waals surface area contributed by atoms with E-state index >= 15 is 0 Å². The van der Waals surface area contributed by atoms with Crippen molar-refractivity contribution >= 4 is 16.6 Å². The number of rotatable bonds is 4. The fraction of sp³-hybridized carbons (Fsp3) is 0.0500. The lowest BCUT2D eigenvalue weighted by Crippen LogP contribution is -2.12. The molecule has 1 atom stereocenters. The van der Waals surface area contributed by atoms with Crippen LogP contribution in [0.15, 0.2) is 73.2 Å². The number of H-pyrrole nitrogens is 1. The lowest BCUT2D eigenvalue weighted by molar-refractivity contribution is 0.466. The van der Waals surface area contributed by atoms with Crippen molar-refractivity contribution in [3.8, 4) is 5.75 Å². The van der Waals surface area contributed by atoms with Gasteiger partial charge < -0.3 is 15.4 Å². The van der Waals surface area contributed by atoms with E-state index in [2.05, 4.69) is 15.3 Å². The molecule has 0 aliphatic carbocycles. The Hall–Kier alpha value is -3.34. The Morgan fingerprint density at radius 3 is 2.60 bits per heavy atom. The maximum Gasteiger partial charge on any atom is 0.123 e. The van der Waals surface area contributed by atoms with Crippen molar-refractivity contribution in [2.45, 2.75) is 6.04 Å². The largest absolute Gasteiger partial charge is 0.508 e. The molecule has 25 heavy (non-hydrogen) atoms. The second-order valence-electron chi connectivity index (χ2n) is 5.81. The van der Waals surface area contributed by atoms with Crippen molar-refractivity contribution in [1.29, 1.82) is 0 Å². The topological polar surface area (TPSA) is 60.9 Å². The third-order valence-corrected chi connectivity index (χ3v) is 4.23. The monoisotopic (exact) mass is 333 g/mol. The van der Waals surface area contributed by atoms with Crippen molar-refractivity contribution in [3.63, 3.8) is 0 Å². The highest BCUT2D eigenvalue weighted by Gasteiger charge is 2.21. The number of aromatic hydroxyl groups is 1. The summed E-state index contributed by atoms with van der Waals surface area (Å²) in [6.45, 7) is 0. The average molecular weight is 333 g/mol. The zero-order valence-corrected chi connectivity index (χ0v) is 13.3. The van der Waals surface area contributed by atoms with Crippen LogP contribution < -0.4 is 5.32 Å². The minimum Gasteiger partial charge on any atom is -0.508 e. The molecule has 1 unspecified atom stereocenters. The van der Waals surface area contributed by atoms with Crippen molar-refractivity contribution in [3.05, 3.63) is 90.1 Å². The molecule has 2 heterocycles. The summed E-state index contributed by atoms with van der Waals surface area (Å²) in [5.41, 5.74) is 3.26. The number of aromatic amines is 1. The van der Waals surface area contributed by atoms with Crippen LogP contribution in [0, 0.1) is 5.82 Å². The molecule has 0 fully saturated rings. The molecular formula is C20H16FN3O. The molecule has 0 bridgehead atoms. The van der Waals surface area contributed by atoms with Gasteiger partial charge in [0.2, 0.25) is 0 Å². The summed E-state index contributed by atoms with van der Waals surface area (Å²) in [5.74, 6) is -0.117. The summed E-state index contributed by atoms with van der Waals surface area (Å²) in [4.78, 5) is 7.19. The first kappa shape index (κ1) is 15.2. The normalized spacial score (nSPS) is 12.2. The second-order valence-corrected chi connectivity index (χ2v) is 5.81. The quantitative estimate of drug-likeness (QED) is 0.511. The van der Waals surface area contributed by atoms with Gasteiger partial charge in [0.25, 0.3) is 0 Å². The van der Waals surface area contributed by atoms with E-state index in [1.54, 1.807) is 30.6 Å². The third kappa shape index (κ3) is 2.92. The van der Waals surface area contributed by atoms with Gasteiger partial charge in [0, 0.05) is 46.3 Å². The van der Waals surface area contributed by atoms with Crippen LogP contribution in [-0.4, -0.2) is 15.1 Å². The Bertz CT molecular complexity index is 1010. The maximum absolute atomic E-state index is 13.8. The molecule has 5 heteroatoms. The number of phenolic OH excluding ortho intramolecular Hbond substituents is 1. The van der Waals surface area contributed by atoms with Crippen LogP contribution in [0.1, 0.15) is 17.2 Å². The van der Waals surface area contributed by atoms with Crippen molar-refractivity contribution in [2.75, 3.05) is 5.32 Å². The van der Waals surface area contributed by atoms with E-state index in [9.17, 15) is 9.50 Å². The summed E-state index contributed by atoms with van der Waals surface area (Å²) in [6.07, 6.45) is 5.23. The van der Waals surface area contributed by atoms with E-state index in [4.69, 9.17) is 0 Å². The van der Waals surface area contributed by atoms with Crippen LogP contribution in [0.2, 0.25) is 0 Å². The van der Waals surface area contributed by atoms with E-state index in [1.165, 1.54) is 12.1 Å². The number of benzene rings is 2. The van der Waals surface area contributed by atoms with E-state index in [1.807, 2.05) is 30.5 Å². The Morgan fingerprint density at radius 2 is 1.80 bits per heavy atom. The maximum atomic E-state index is 13.8. The van der Waals surface area contributed by atoms with Crippen LogP contribution in [-0.2, 0) is 0 Å². The molecule has 0 saturated carbocycles. The van der Waals surface area contributed by atoms with E-state index in [0.29, 0.717) is 5.56 Å². The summed E-state index contributed by atoms with van der Waals surface area (Å²) < 4.78 is 13.8. The summed E-state index contributed by atoms with van der Waals surface area (Å²) >= 11 is 0. The second kappa shape index (κ2) is 6.28. The predicted octanol–water partition coefficient (Wildman–Crippen LogP) is 4.61. The molecule has 2 aromatic carbocycles. The van der Waals surface area contributed by atoms with Gasteiger partial charge in [-0.1, -0.05) is 18.2 Å². The minimum absolute atomic E-state index is 0.180. The highest BCUT2D eigenvalue weighted by Crippen LogP contribution is 2.35. The molecule has 3 N–H and O–H groups in total. The number of halogens is 1. The number of hydrogen-bond acceptors (Lipinski definition) is 3. The Labute approximate surface area is 144 Å². The number of pyridine rings is 1. The minimum atomic E-state index is -0.348. The number of fused-ring (bicyclic) bond motifs is 1. The summed E-state index contributed by atoms with van der Waals surface area (Å²) in [7, 11) is 0. The van der Waals surface area contributed by atoms with Gasteiger partial charge in [-0.25, -0.2) is 4.39 Å². The van der Waals surface area contributed by atoms with E-state index < -0.39 is 0 Å². The number of para-hydroxylation sites is 1. The molecule has 124 valence electrons. The highest BCUT2D eigenvalue weighted by atomic mass is 19.1.